The van der Waals surface area contributed by atoms with Crippen molar-refractivity contribution in [2.24, 2.45) is 0 Å². The van der Waals surface area contributed by atoms with E-state index in [0.717, 1.165) is 0 Å². The molecule has 0 aromatic heterocycles. The Labute approximate surface area is 106 Å². The number of hydrogen-bond donors (Lipinski definition) is 1. The van der Waals surface area contributed by atoms with Crippen LogP contribution in [-0.4, -0.2) is 31.2 Å². The van der Waals surface area contributed by atoms with Gasteiger partial charge in [-0.1, -0.05) is 6.07 Å². The molecule has 0 unspecified atom stereocenters. The maximum Gasteiger partial charge on any atom is 0.255 e. The Bertz CT molecular complexity index is 420. The van der Waals surface area contributed by atoms with Gasteiger partial charge in [-0.25, -0.2) is 8.78 Å². The van der Waals surface area contributed by atoms with Crippen LogP contribution in [-0.2, 0) is 0 Å². The smallest absolute Gasteiger partial charge is 0.255 e. The third-order valence-electron chi connectivity index (χ3n) is 2.17. The molecule has 0 heterocycles. The Morgan fingerprint density at radius 3 is 2.71 bits per heavy atom. The highest BCUT2D eigenvalue weighted by Crippen LogP contribution is 2.27. The van der Waals surface area contributed by atoms with Gasteiger partial charge in [0, 0.05) is 11.0 Å². The van der Waals surface area contributed by atoms with E-state index in [2.05, 4.69) is 15.9 Å². The van der Waals surface area contributed by atoms with Crippen LogP contribution in [0, 0.1) is 11.3 Å². The van der Waals surface area contributed by atoms with Crippen LogP contribution in [0.15, 0.2) is 22.7 Å². The lowest BCUT2D eigenvalue weighted by Gasteiger charge is -2.24. The molecular weight excluding hydrogens is 294 g/mol. The number of rotatable bonds is 5. The molecule has 1 aromatic carbocycles. The molecule has 1 rings (SSSR count). The van der Waals surface area contributed by atoms with Gasteiger partial charge >= 0.3 is 0 Å². The molecule has 0 bridgehead atoms. The molecule has 1 aromatic rings. The lowest BCUT2D eigenvalue weighted by Crippen LogP contribution is -2.32. The highest BCUT2D eigenvalue weighted by atomic mass is 79.9. The van der Waals surface area contributed by atoms with E-state index in [9.17, 15) is 8.78 Å². The second-order valence-corrected chi connectivity index (χ2v) is 4.16. The number of aliphatic hydroxyl groups excluding tert-OH is 1. The minimum Gasteiger partial charge on any atom is -0.395 e. The summed E-state index contributed by atoms with van der Waals surface area (Å²) in [6.07, 6.45) is -2.52. The van der Waals surface area contributed by atoms with E-state index in [1.54, 1.807) is 18.2 Å². The summed E-state index contributed by atoms with van der Waals surface area (Å²) in [7, 11) is 0. The van der Waals surface area contributed by atoms with Crippen molar-refractivity contribution in [3.63, 3.8) is 0 Å². The van der Waals surface area contributed by atoms with Crippen molar-refractivity contribution >= 4 is 21.6 Å². The summed E-state index contributed by atoms with van der Waals surface area (Å²) in [4.78, 5) is 1.30. The molecule has 1 N–H and O–H groups in total. The minimum absolute atomic E-state index is 0.0650. The molecule has 0 fully saturated rings. The SMILES string of the molecule is N#Cc1c(Br)cccc1N(CCO)CC(F)F. The van der Waals surface area contributed by atoms with Crippen LogP contribution < -0.4 is 4.90 Å². The van der Waals surface area contributed by atoms with Gasteiger partial charge < -0.3 is 10.0 Å². The highest BCUT2D eigenvalue weighted by molar-refractivity contribution is 9.10. The first kappa shape index (κ1) is 13.9. The number of halogens is 3. The van der Waals surface area contributed by atoms with Crippen molar-refractivity contribution < 1.29 is 13.9 Å². The summed E-state index contributed by atoms with van der Waals surface area (Å²) >= 11 is 3.19. The second kappa shape index (κ2) is 6.52. The standard InChI is InChI=1S/C11H11BrF2N2O/c12-9-2-1-3-10(8(9)6-15)16(4-5-17)7-11(13)14/h1-3,11,17H,4-5,7H2. The average molecular weight is 305 g/mol. The fourth-order valence-corrected chi connectivity index (χ4v) is 1.93. The van der Waals surface area contributed by atoms with E-state index >= 15 is 0 Å². The van der Waals surface area contributed by atoms with Gasteiger partial charge in [0.25, 0.3) is 6.43 Å². The Morgan fingerprint density at radius 1 is 1.47 bits per heavy atom. The summed E-state index contributed by atoms with van der Waals surface area (Å²) in [6, 6.07) is 6.88. The molecule has 0 aliphatic carbocycles. The van der Waals surface area contributed by atoms with E-state index in [1.807, 2.05) is 6.07 Å². The quantitative estimate of drug-likeness (QED) is 0.908. The average Bonchev–Trinajstić information content (AvgIpc) is 2.27. The summed E-state index contributed by atoms with van der Waals surface area (Å²) in [5.41, 5.74) is 0.692. The van der Waals surface area contributed by atoms with Crippen molar-refractivity contribution in [1.82, 2.24) is 0 Å². The molecule has 0 saturated carbocycles. The van der Waals surface area contributed by atoms with Crippen molar-refractivity contribution in [1.29, 1.82) is 5.26 Å². The summed E-state index contributed by atoms with van der Waals surface area (Å²) < 4.78 is 25.4. The van der Waals surface area contributed by atoms with Crippen LogP contribution in [0.1, 0.15) is 5.56 Å². The molecule has 17 heavy (non-hydrogen) atoms. The first-order chi connectivity index (χ1) is 8.10. The van der Waals surface area contributed by atoms with E-state index in [0.29, 0.717) is 15.7 Å². The van der Waals surface area contributed by atoms with Crippen LogP contribution >= 0.6 is 15.9 Å². The predicted octanol–water partition coefficient (Wildman–Crippen LogP) is 2.38. The van der Waals surface area contributed by atoms with E-state index < -0.39 is 13.0 Å². The maximum absolute atomic E-state index is 12.4. The van der Waals surface area contributed by atoms with Crippen LogP contribution in [0.25, 0.3) is 0 Å². The molecule has 0 aliphatic rings. The molecule has 0 aliphatic heterocycles. The van der Waals surface area contributed by atoms with Gasteiger partial charge in [-0.2, -0.15) is 5.26 Å². The van der Waals surface area contributed by atoms with Crippen LogP contribution in [0.2, 0.25) is 0 Å². The van der Waals surface area contributed by atoms with Crippen molar-refractivity contribution in [3.8, 4) is 6.07 Å². The maximum atomic E-state index is 12.4. The zero-order chi connectivity index (χ0) is 12.8. The first-order valence-corrected chi connectivity index (χ1v) is 5.72. The summed E-state index contributed by atoms with van der Waals surface area (Å²) in [5.74, 6) is 0. The van der Waals surface area contributed by atoms with Gasteiger partial charge in [0.05, 0.1) is 24.4 Å². The molecule has 0 radical (unpaired) electrons. The lowest BCUT2D eigenvalue weighted by atomic mass is 10.1. The molecule has 0 spiro atoms. The predicted molar refractivity (Wildman–Crippen MR) is 64.2 cm³/mol. The van der Waals surface area contributed by atoms with Crippen molar-refractivity contribution in [3.05, 3.63) is 28.2 Å². The molecular formula is C11H11BrF2N2O. The van der Waals surface area contributed by atoms with Gasteiger partial charge in [0.15, 0.2) is 0 Å². The first-order valence-electron chi connectivity index (χ1n) is 4.92. The molecule has 0 amide bonds. The second-order valence-electron chi connectivity index (χ2n) is 3.31. The van der Waals surface area contributed by atoms with Gasteiger partial charge in [-0.15, -0.1) is 0 Å². The fourth-order valence-electron chi connectivity index (χ4n) is 1.48. The summed E-state index contributed by atoms with van der Waals surface area (Å²) in [6.45, 7) is -0.689. The molecule has 6 heteroatoms. The Hall–Kier alpha value is -1.19. The number of hydrogen-bond acceptors (Lipinski definition) is 3. The zero-order valence-electron chi connectivity index (χ0n) is 8.91. The lowest BCUT2D eigenvalue weighted by molar-refractivity contribution is 0.153. The zero-order valence-corrected chi connectivity index (χ0v) is 10.5. The molecule has 92 valence electrons. The van der Waals surface area contributed by atoms with Gasteiger partial charge in [0.2, 0.25) is 0 Å². The van der Waals surface area contributed by atoms with Gasteiger partial charge in [-0.05, 0) is 28.1 Å². The number of nitriles is 1. The number of aliphatic hydroxyl groups is 1. The number of nitrogens with zero attached hydrogens (tertiary/aromatic N) is 2. The largest absolute Gasteiger partial charge is 0.395 e. The highest BCUT2D eigenvalue weighted by Gasteiger charge is 2.16. The third-order valence-corrected chi connectivity index (χ3v) is 2.83. The van der Waals surface area contributed by atoms with Gasteiger partial charge in [-0.3, -0.25) is 0 Å². The van der Waals surface area contributed by atoms with Crippen LogP contribution in [0.5, 0.6) is 0 Å². The van der Waals surface area contributed by atoms with Crippen molar-refractivity contribution in [2.45, 2.75) is 6.43 Å². The Balaban J connectivity index is 3.09. The van der Waals surface area contributed by atoms with Crippen molar-refractivity contribution in [2.75, 3.05) is 24.6 Å². The Kier molecular flexibility index (Phi) is 5.32. The molecule has 3 nitrogen and oxygen atoms in total. The van der Waals surface area contributed by atoms with Gasteiger partial charge in [0.1, 0.15) is 6.07 Å². The molecule has 0 saturated heterocycles. The monoisotopic (exact) mass is 304 g/mol. The van der Waals surface area contributed by atoms with E-state index in [-0.39, 0.29) is 13.2 Å². The van der Waals surface area contributed by atoms with E-state index in [4.69, 9.17) is 10.4 Å². The van der Waals surface area contributed by atoms with Crippen LogP contribution in [0.4, 0.5) is 14.5 Å². The topological polar surface area (TPSA) is 47.3 Å². The third kappa shape index (κ3) is 3.65. The number of alkyl halides is 2. The molecule has 0 atom stereocenters. The minimum atomic E-state index is -2.52. The fraction of sp³-hybridized carbons (Fsp3) is 0.364. The van der Waals surface area contributed by atoms with Crippen LogP contribution in [0.3, 0.4) is 0 Å². The number of benzene rings is 1. The normalized spacial score (nSPS) is 10.4. The Morgan fingerprint density at radius 2 is 2.18 bits per heavy atom. The van der Waals surface area contributed by atoms with E-state index in [1.165, 1.54) is 4.90 Å². The number of anilines is 1. The summed E-state index contributed by atoms with van der Waals surface area (Å²) in [5, 5.41) is 17.9.